The number of benzene rings is 1. The molecule has 0 unspecified atom stereocenters. The predicted octanol–water partition coefficient (Wildman–Crippen LogP) is 3.78. The summed E-state index contributed by atoms with van der Waals surface area (Å²) in [7, 11) is 0. The van der Waals surface area contributed by atoms with E-state index in [4.69, 9.17) is 9.15 Å². The van der Waals surface area contributed by atoms with E-state index in [1.165, 1.54) is 23.5 Å². The third-order valence-electron chi connectivity index (χ3n) is 5.41. The van der Waals surface area contributed by atoms with Crippen LogP contribution in [-0.4, -0.2) is 60.1 Å². The zero-order chi connectivity index (χ0) is 22.0. The Morgan fingerprint density at radius 1 is 1.26 bits per heavy atom. The lowest BCUT2D eigenvalue weighted by atomic mass is 10.1. The number of thiazole rings is 1. The number of anilines is 1. The third kappa shape index (κ3) is 4.76. The van der Waals surface area contributed by atoms with E-state index in [1.54, 1.807) is 4.90 Å². The second-order valence-corrected chi connectivity index (χ2v) is 8.57. The largest absolute Gasteiger partial charge is 0.433 e. The number of morpholine rings is 1. The van der Waals surface area contributed by atoms with Gasteiger partial charge in [-0.1, -0.05) is 11.3 Å². The molecule has 0 aliphatic carbocycles. The average molecular weight is 445 g/mol. The van der Waals surface area contributed by atoms with E-state index >= 15 is 0 Å². The predicted molar refractivity (Wildman–Crippen MR) is 118 cm³/mol. The molecule has 1 aliphatic rings. The molecule has 0 N–H and O–H groups in total. The van der Waals surface area contributed by atoms with Crippen molar-refractivity contribution in [3.8, 4) is 0 Å². The number of carbonyl (C=O) groups is 1. The summed E-state index contributed by atoms with van der Waals surface area (Å²) >= 11 is 1.44. The maximum Gasteiger partial charge on any atom is 0.433 e. The lowest BCUT2D eigenvalue weighted by Crippen LogP contribution is -2.39. The van der Waals surface area contributed by atoms with Gasteiger partial charge in [-0.15, -0.1) is 0 Å². The Balaban J connectivity index is 1.59. The number of aromatic nitrogens is 1. The van der Waals surface area contributed by atoms with Crippen molar-refractivity contribution in [1.29, 1.82) is 0 Å². The molecule has 3 aromatic rings. The van der Waals surface area contributed by atoms with Crippen molar-refractivity contribution in [2.24, 2.45) is 0 Å². The van der Waals surface area contributed by atoms with E-state index in [0.29, 0.717) is 11.7 Å². The number of ether oxygens (including phenoxy) is 1. The zero-order valence-corrected chi connectivity index (χ0v) is 18.3. The number of nitrogens with zero attached hydrogens (tertiary/aromatic N) is 4. The van der Waals surface area contributed by atoms with Crippen LogP contribution in [0.1, 0.15) is 28.1 Å². The van der Waals surface area contributed by atoms with Crippen LogP contribution in [0.25, 0.3) is 10.2 Å². The van der Waals surface area contributed by atoms with Crippen molar-refractivity contribution in [2.75, 3.05) is 44.3 Å². The van der Waals surface area contributed by atoms with Gasteiger partial charge in [0.1, 0.15) is 4.92 Å². The molecule has 9 nitrogen and oxygen atoms in total. The first-order valence-corrected chi connectivity index (χ1v) is 11.0. The van der Waals surface area contributed by atoms with E-state index in [2.05, 4.69) is 16.0 Å². The molecule has 1 amide bonds. The number of aryl methyl sites for hydroxylation is 2. The lowest BCUT2D eigenvalue weighted by Gasteiger charge is -2.27. The molecular formula is C21H24N4O5S. The quantitative estimate of drug-likeness (QED) is 0.404. The normalized spacial score (nSPS) is 14.8. The van der Waals surface area contributed by atoms with Gasteiger partial charge in [0.15, 0.2) is 10.9 Å². The number of amides is 1. The summed E-state index contributed by atoms with van der Waals surface area (Å²) in [5, 5.41) is 11.5. The van der Waals surface area contributed by atoms with Crippen LogP contribution in [0.15, 0.2) is 28.7 Å². The summed E-state index contributed by atoms with van der Waals surface area (Å²) in [5.41, 5.74) is 3.13. The summed E-state index contributed by atoms with van der Waals surface area (Å²) in [5.74, 6) is -0.945. The highest BCUT2D eigenvalue weighted by molar-refractivity contribution is 7.22. The van der Waals surface area contributed by atoms with E-state index < -0.39 is 16.7 Å². The summed E-state index contributed by atoms with van der Waals surface area (Å²) in [4.78, 5) is 32.1. The molecule has 1 aliphatic heterocycles. The molecule has 0 atom stereocenters. The van der Waals surface area contributed by atoms with Gasteiger partial charge in [0, 0.05) is 26.2 Å². The first kappa shape index (κ1) is 21.4. The van der Waals surface area contributed by atoms with Crippen LogP contribution in [0.2, 0.25) is 0 Å². The van der Waals surface area contributed by atoms with Crippen LogP contribution in [-0.2, 0) is 4.74 Å². The first-order chi connectivity index (χ1) is 14.9. The maximum atomic E-state index is 13.2. The number of rotatable bonds is 7. The molecule has 3 heterocycles. The smallest absolute Gasteiger partial charge is 0.395 e. The van der Waals surface area contributed by atoms with Gasteiger partial charge in [-0.2, -0.15) is 0 Å². The zero-order valence-electron chi connectivity index (χ0n) is 17.5. The maximum absolute atomic E-state index is 13.2. The Labute approximate surface area is 183 Å². The topological polar surface area (TPSA) is 102 Å². The minimum Gasteiger partial charge on any atom is -0.395 e. The van der Waals surface area contributed by atoms with Gasteiger partial charge in [0.2, 0.25) is 0 Å². The molecule has 1 fully saturated rings. The van der Waals surface area contributed by atoms with Crippen molar-refractivity contribution in [3.63, 3.8) is 0 Å². The molecule has 164 valence electrons. The number of carbonyl (C=O) groups excluding carboxylic acids is 1. The van der Waals surface area contributed by atoms with Crippen molar-refractivity contribution in [3.05, 3.63) is 51.3 Å². The number of nitro groups is 1. The van der Waals surface area contributed by atoms with Gasteiger partial charge in [-0.25, -0.2) is 4.98 Å². The number of hydrogen-bond acceptors (Lipinski definition) is 8. The van der Waals surface area contributed by atoms with Gasteiger partial charge in [-0.3, -0.25) is 24.7 Å². The molecule has 2 aromatic heterocycles. The second-order valence-electron chi connectivity index (χ2n) is 7.56. The Kier molecular flexibility index (Phi) is 6.30. The van der Waals surface area contributed by atoms with Gasteiger partial charge < -0.3 is 9.15 Å². The SMILES string of the molecule is Cc1cc2nc(N(CCCN3CCOCC3)C(=O)c3ccc([N+](=O)[O-])o3)sc2cc1C. The van der Waals surface area contributed by atoms with Crippen LogP contribution in [0, 0.1) is 24.0 Å². The fraction of sp³-hybridized carbons (Fsp3) is 0.429. The number of furan rings is 1. The van der Waals surface area contributed by atoms with Crippen LogP contribution >= 0.6 is 11.3 Å². The van der Waals surface area contributed by atoms with Gasteiger partial charge in [0.25, 0.3) is 5.91 Å². The monoisotopic (exact) mass is 444 g/mol. The Morgan fingerprint density at radius 2 is 2.00 bits per heavy atom. The van der Waals surface area contributed by atoms with E-state index in [9.17, 15) is 14.9 Å². The molecular weight excluding hydrogens is 420 g/mol. The average Bonchev–Trinajstić information content (AvgIpc) is 3.39. The highest BCUT2D eigenvalue weighted by atomic mass is 32.1. The minimum atomic E-state index is -0.650. The summed E-state index contributed by atoms with van der Waals surface area (Å²) < 4.78 is 11.6. The molecule has 1 aromatic carbocycles. The highest BCUT2D eigenvalue weighted by Crippen LogP contribution is 2.32. The third-order valence-corrected chi connectivity index (χ3v) is 6.45. The summed E-state index contributed by atoms with van der Waals surface area (Å²) in [6, 6.07) is 6.63. The fourth-order valence-corrected chi connectivity index (χ4v) is 4.59. The van der Waals surface area contributed by atoms with Crippen LogP contribution < -0.4 is 4.90 Å². The van der Waals surface area contributed by atoms with Crippen molar-refractivity contribution >= 4 is 38.5 Å². The molecule has 0 saturated carbocycles. The molecule has 31 heavy (non-hydrogen) atoms. The summed E-state index contributed by atoms with van der Waals surface area (Å²) in [6.07, 6.45) is 0.739. The fourth-order valence-electron chi connectivity index (χ4n) is 3.52. The summed E-state index contributed by atoms with van der Waals surface area (Å²) in [6.45, 7) is 8.51. The van der Waals surface area contributed by atoms with Crippen molar-refractivity contribution in [2.45, 2.75) is 20.3 Å². The van der Waals surface area contributed by atoms with Gasteiger partial charge in [0.05, 0.1) is 29.5 Å². The van der Waals surface area contributed by atoms with E-state index in [0.717, 1.165) is 60.6 Å². The molecule has 1 saturated heterocycles. The van der Waals surface area contributed by atoms with E-state index in [1.807, 2.05) is 19.9 Å². The van der Waals surface area contributed by atoms with Crippen LogP contribution in [0.5, 0.6) is 0 Å². The lowest BCUT2D eigenvalue weighted by molar-refractivity contribution is -0.402. The van der Waals surface area contributed by atoms with E-state index in [-0.39, 0.29) is 5.76 Å². The molecule has 0 spiro atoms. The highest BCUT2D eigenvalue weighted by Gasteiger charge is 2.26. The second kappa shape index (κ2) is 9.13. The Bertz CT molecular complexity index is 1060. The van der Waals surface area contributed by atoms with Crippen molar-refractivity contribution < 1.29 is 18.9 Å². The van der Waals surface area contributed by atoms with Gasteiger partial charge >= 0.3 is 5.88 Å². The van der Waals surface area contributed by atoms with Crippen molar-refractivity contribution in [1.82, 2.24) is 9.88 Å². The number of fused-ring (bicyclic) bond motifs is 1. The Morgan fingerprint density at radius 3 is 2.71 bits per heavy atom. The standard InChI is InChI=1S/C21H24N4O5S/c1-14-12-16-18(13-15(14)2)31-21(22-16)24(7-3-6-23-8-10-29-11-9-23)20(26)17-4-5-19(30-17)25(27)28/h4-5,12-13H,3,6-11H2,1-2H3. The molecule has 10 heteroatoms. The minimum absolute atomic E-state index is 0.0651. The Hall–Kier alpha value is -2.82. The molecule has 0 radical (unpaired) electrons. The van der Waals surface area contributed by atoms with Crippen LogP contribution in [0.4, 0.5) is 11.0 Å². The molecule has 4 rings (SSSR count). The first-order valence-electron chi connectivity index (χ1n) is 10.2. The van der Waals surface area contributed by atoms with Gasteiger partial charge in [-0.05, 0) is 49.6 Å². The van der Waals surface area contributed by atoms with Crippen LogP contribution in [0.3, 0.4) is 0 Å². The number of hydrogen-bond donors (Lipinski definition) is 0. The molecule has 0 bridgehead atoms.